The molecule has 0 heterocycles. The Morgan fingerprint density at radius 2 is 1.94 bits per heavy atom. The van der Waals surface area contributed by atoms with Gasteiger partial charge in [-0.2, -0.15) is 5.26 Å². The molecular weight excluding hydrogens is 339 g/mol. The maximum atomic E-state index is 9.11. The molecule has 18 heavy (non-hydrogen) atoms. The highest BCUT2D eigenvalue weighted by atomic mass is 127. The Labute approximate surface area is 119 Å². The fourth-order valence-corrected chi connectivity index (χ4v) is 2.00. The van der Waals surface area contributed by atoms with Gasteiger partial charge in [-0.25, -0.2) is 0 Å². The summed E-state index contributed by atoms with van der Waals surface area (Å²) in [7, 11) is 0. The van der Waals surface area contributed by atoms with Gasteiger partial charge in [0, 0.05) is 15.3 Å². The summed E-state index contributed by atoms with van der Waals surface area (Å²) in [6, 6.07) is 13.2. The Kier molecular flexibility index (Phi) is 3.72. The van der Waals surface area contributed by atoms with Gasteiger partial charge in [-0.05, 0) is 47.2 Å². The zero-order valence-electron chi connectivity index (χ0n) is 9.77. The van der Waals surface area contributed by atoms with E-state index in [1.807, 2.05) is 31.2 Å². The number of nitrogens with zero attached hydrogens (tertiary/aromatic N) is 1. The average molecular weight is 350 g/mol. The lowest BCUT2D eigenvalue weighted by molar-refractivity contribution is 0.477. The van der Waals surface area contributed by atoms with Crippen molar-refractivity contribution >= 4 is 28.3 Å². The minimum absolute atomic E-state index is 0.483. The molecule has 3 nitrogen and oxygen atoms in total. The van der Waals surface area contributed by atoms with Gasteiger partial charge < -0.3 is 10.5 Å². The van der Waals surface area contributed by atoms with Crippen LogP contribution in [0.2, 0.25) is 0 Å². The second kappa shape index (κ2) is 5.27. The Morgan fingerprint density at radius 3 is 2.61 bits per heavy atom. The van der Waals surface area contributed by atoms with E-state index in [0.29, 0.717) is 17.0 Å². The van der Waals surface area contributed by atoms with Gasteiger partial charge >= 0.3 is 0 Å². The monoisotopic (exact) mass is 350 g/mol. The minimum Gasteiger partial charge on any atom is -0.456 e. The number of rotatable bonds is 2. The predicted molar refractivity (Wildman–Crippen MR) is 79.5 cm³/mol. The number of benzene rings is 2. The topological polar surface area (TPSA) is 59.0 Å². The summed E-state index contributed by atoms with van der Waals surface area (Å²) in [5.74, 6) is 1.22. The zero-order chi connectivity index (χ0) is 13.1. The first kappa shape index (κ1) is 12.7. The van der Waals surface area contributed by atoms with Crippen molar-refractivity contribution in [2.75, 3.05) is 5.73 Å². The van der Waals surface area contributed by atoms with Crippen molar-refractivity contribution in [1.29, 1.82) is 5.26 Å². The van der Waals surface area contributed by atoms with Crippen LogP contribution in [0.3, 0.4) is 0 Å². The molecule has 0 fully saturated rings. The summed E-state index contributed by atoms with van der Waals surface area (Å²) >= 11 is 2.10. The molecular formula is C14H11IN2O. The Hall–Kier alpha value is -1.74. The molecule has 0 bridgehead atoms. The molecule has 0 saturated heterocycles. The number of hydrogen-bond acceptors (Lipinski definition) is 3. The number of ether oxygens (including phenoxy) is 1. The largest absolute Gasteiger partial charge is 0.456 e. The Balaban J connectivity index is 2.44. The van der Waals surface area contributed by atoms with Crippen molar-refractivity contribution in [3.63, 3.8) is 0 Å². The molecule has 0 aliphatic carbocycles. The van der Waals surface area contributed by atoms with Crippen LogP contribution in [0.25, 0.3) is 0 Å². The van der Waals surface area contributed by atoms with Crippen LogP contribution in [0.4, 0.5) is 5.69 Å². The summed E-state index contributed by atoms with van der Waals surface area (Å²) in [6.45, 7) is 1.96. The van der Waals surface area contributed by atoms with Crippen molar-refractivity contribution in [1.82, 2.24) is 0 Å². The van der Waals surface area contributed by atoms with Crippen LogP contribution in [-0.4, -0.2) is 0 Å². The van der Waals surface area contributed by atoms with E-state index in [1.165, 1.54) is 0 Å². The van der Waals surface area contributed by atoms with E-state index < -0.39 is 0 Å². The molecule has 2 aromatic rings. The first-order valence-corrected chi connectivity index (χ1v) is 6.42. The molecule has 0 atom stereocenters. The van der Waals surface area contributed by atoms with Gasteiger partial charge in [-0.3, -0.25) is 0 Å². The molecule has 0 unspecified atom stereocenters. The molecule has 0 spiro atoms. The van der Waals surface area contributed by atoms with E-state index in [1.54, 1.807) is 12.1 Å². The van der Waals surface area contributed by atoms with Crippen molar-refractivity contribution in [2.24, 2.45) is 0 Å². The third-order valence-electron chi connectivity index (χ3n) is 2.53. The SMILES string of the molecule is Cc1ccccc1Oc1cc(N)c(I)cc1C#N. The molecule has 0 radical (unpaired) electrons. The highest BCUT2D eigenvalue weighted by Gasteiger charge is 2.09. The first-order chi connectivity index (χ1) is 8.61. The van der Waals surface area contributed by atoms with Crippen LogP contribution in [0.1, 0.15) is 11.1 Å². The summed E-state index contributed by atoms with van der Waals surface area (Å²) in [4.78, 5) is 0. The molecule has 0 saturated carbocycles. The first-order valence-electron chi connectivity index (χ1n) is 5.34. The number of hydrogen-bond donors (Lipinski definition) is 1. The van der Waals surface area contributed by atoms with Crippen molar-refractivity contribution in [3.05, 3.63) is 51.1 Å². The van der Waals surface area contributed by atoms with Gasteiger partial charge in [0.15, 0.2) is 0 Å². The van der Waals surface area contributed by atoms with Crippen molar-refractivity contribution in [2.45, 2.75) is 6.92 Å². The standard InChI is InChI=1S/C14H11IN2O/c1-9-4-2-3-5-13(9)18-14-7-12(17)11(15)6-10(14)8-16/h2-7H,17H2,1H3. The second-order valence-corrected chi connectivity index (χ2v) is 5.01. The quantitative estimate of drug-likeness (QED) is 0.661. The highest BCUT2D eigenvalue weighted by Crippen LogP contribution is 2.31. The van der Waals surface area contributed by atoms with Gasteiger partial charge in [-0.15, -0.1) is 0 Å². The Morgan fingerprint density at radius 1 is 1.22 bits per heavy atom. The number of nitriles is 1. The normalized spacial score (nSPS) is 9.83. The molecule has 0 aliphatic rings. The summed E-state index contributed by atoms with van der Waals surface area (Å²) in [5, 5.41) is 9.11. The molecule has 2 aromatic carbocycles. The summed E-state index contributed by atoms with van der Waals surface area (Å²) in [6.07, 6.45) is 0. The summed E-state index contributed by atoms with van der Waals surface area (Å²) < 4.78 is 6.61. The number of para-hydroxylation sites is 1. The van der Waals surface area contributed by atoms with Crippen LogP contribution in [0.5, 0.6) is 11.5 Å². The van der Waals surface area contributed by atoms with E-state index in [-0.39, 0.29) is 0 Å². The lowest BCUT2D eigenvalue weighted by Crippen LogP contribution is -1.95. The van der Waals surface area contributed by atoms with E-state index in [0.717, 1.165) is 14.9 Å². The van der Waals surface area contributed by atoms with Gasteiger partial charge in [0.2, 0.25) is 0 Å². The molecule has 0 amide bonds. The van der Waals surface area contributed by atoms with Gasteiger partial charge in [0.25, 0.3) is 0 Å². The number of nitrogens with two attached hydrogens (primary N) is 1. The fourth-order valence-electron chi connectivity index (χ4n) is 1.53. The van der Waals surface area contributed by atoms with Crippen LogP contribution in [0.15, 0.2) is 36.4 Å². The second-order valence-electron chi connectivity index (χ2n) is 3.85. The lowest BCUT2D eigenvalue weighted by Gasteiger charge is -2.11. The number of nitrogen functional groups attached to an aromatic ring is 1. The number of halogens is 1. The molecule has 90 valence electrons. The predicted octanol–water partition coefficient (Wildman–Crippen LogP) is 3.85. The summed E-state index contributed by atoms with van der Waals surface area (Å²) in [5.41, 5.74) is 7.94. The maximum absolute atomic E-state index is 9.11. The molecule has 2 N–H and O–H groups in total. The van der Waals surface area contributed by atoms with Crippen molar-refractivity contribution < 1.29 is 4.74 Å². The van der Waals surface area contributed by atoms with Crippen molar-refractivity contribution in [3.8, 4) is 17.6 Å². The van der Waals surface area contributed by atoms with Crippen LogP contribution in [0, 0.1) is 21.8 Å². The molecule has 0 aliphatic heterocycles. The van der Waals surface area contributed by atoms with Gasteiger partial charge in [-0.1, -0.05) is 18.2 Å². The third-order valence-corrected chi connectivity index (χ3v) is 3.47. The van der Waals surface area contributed by atoms with E-state index in [9.17, 15) is 0 Å². The van der Waals surface area contributed by atoms with Crippen LogP contribution >= 0.6 is 22.6 Å². The zero-order valence-corrected chi connectivity index (χ0v) is 11.9. The minimum atomic E-state index is 0.483. The van der Waals surface area contributed by atoms with E-state index >= 15 is 0 Å². The fraction of sp³-hybridized carbons (Fsp3) is 0.0714. The van der Waals surface area contributed by atoms with E-state index in [4.69, 9.17) is 15.7 Å². The maximum Gasteiger partial charge on any atom is 0.147 e. The molecule has 2 rings (SSSR count). The van der Waals surface area contributed by atoms with E-state index in [2.05, 4.69) is 28.7 Å². The highest BCUT2D eigenvalue weighted by molar-refractivity contribution is 14.1. The average Bonchev–Trinajstić information content (AvgIpc) is 2.36. The number of anilines is 1. The van der Waals surface area contributed by atoms with Crippen LogP contribution < -0.4 is 10.5 Å². The smallest absolute Gasteiger partial charge is 0.147 e. The van der Waals surface area contributed by atoms with Crippen LogP contribution in [-0.2, 0) is 0 Å². The molecule has 0 aromatic heterocycles. The Bertz CT molecular complexity index is 632. The van der Waals surface area contributed by atoms with Gasteiger partial charge in [0.05, 0.1) is 5.56 Å². The third kappa shape index (κ3) is 2.57. The molecule has 4 heteroatoms. The number of aryl methyl sites for hydroxylation is 1. The lowest BCUT2D eigenvalue weighted by atomic mass is 10.2. The van der Waals surface area contributed by atoms with Gasteiger partial charge in [0.1, 0.15) is 17.6 Å².